The standard InChI is InChI=1S/C15H18N2O2S/c1-10-8-9-19-13(10)14(18)17-15-16-11-6-4-2-3-5-7-12(11)20-15/h8-9H,2-7H2,1H3,(H,16,17,18). The number of carbonyl (C=O) groups is 1. The number of thiazole rings is 1. The molecular weight excluding hydrogens is 272 g/mol. The van der Waals surface area contributed by atoms with Crippen molar-refractivity contribution in [3.05, 3.63) is 34.2 Å². The van der Waals surface area contributed by atoms with Gasteiger partial charge in [-0.3, -0.25) is 10.1 Å². The summed E-state index contributed by atoms with van der Waals surface area (Å²) in [6.07, 6.45) is 8.64. The van der Waals surface area contributed by atoms with Crippen molar-refractivity contribution in [1.29, 1.82) is 0 Å². The molecular formula is C15H18N2O2S. The number of nitrogens with one attached hydrogen (secondary N) is 1. The minimum absolute atomic E-state index is 0.214. The first-order chi connectivity index (χ1) is 9.74. The van der Waals surface area contributed by atoms with E-state index in [4.69, 9.17) is 4.42 Å². The first-order valence-electron chi connectivity index (χ1n) is 7.08. The van der Waals surface area contributed by atoms with E-state index in [9.17, 15) is 4.79 Å². The van der Waals surface area contributed by atoms with Gasteiger partial charge in [0.05, 0.1) is 12.0 Å². The third-order valence-electron chi connectivity index (χ3n) is 3.63. The van der Waals surface area contributed by atoms with Crippen molar-refractivity contribution in [2.75, 3.05) is 5.32 Å². The van der Waals surface area contributed by atoms with Gasteiger partial charge in [0.25, 0.3) is 5.91 Å². The van der Waals surface area contributed by atoms with E-state index in [1.165, 1.54) is 42.5 Å². The van der Waals surface area contributed by atoms with E-state index in [2.05, 4.69) is 10.3 Å². The summed E-state index contributed by atoms with van der Waals surface area (Å²) in [7, 11) is 0. The van der Waals surface area contributed by atoms with Gasteiger partial charge in [-0.1, -0.05) is 12.8 Å². The zero-order valence-electron chi connectivity index (χ0n) is 11.6. The molecule has 5 heteroatoms. The fraction of sp³-hybridized carbons (Fsp3) is 0.467. The molecule has 1 amide bonds. The fourth-order valence-corrected chi connectivity index (χ4v) is 3.56. The lowest BCUT2D eigenvalue weighted by Gasteiger charge is -2.06. The molecule has 0 saturated carbocycles. The van der Waals surface area contributed by atoms with Crippen LogP contribution in [0, 0.1) is 6.92 Å². The average molecular weight is 290 g/mol. The van der Waals surface area contributed by atoms with Crippen LogP contribution in [0.4, 0.5) is 5.13 Å². The number of hydrogen-bond acceptors (Lipinski definition) is 4. The highest BCUT2D eigenvalue weighted by molar-refractivity contribution is 7.15. The number of fused-ring (bicyclic) bond motifs is 1. The summed E-state index contributed by atoms with van der Waals surface area (Å²) in [4.78, 5) is 18.0. The molecule has 0 radical (unpaired) electrons. The highest BCUT2D eigenvalue weighted by Crippen LogP contribution is 2.28. The van der Waals surface area contributed by atoms with Gasteiger partial charge in [-0.05, 0) is 38.7 Å². The fourth-order valence-electron chi connectivity index (χ4n) is 2.52. The molecule has 0 aromatic carbocycles. The normalized spacial score (nSPS) is 15.2. The van der Waals surface area contributed by atoms with E-state index in [1.807, 2.05) is 6.92 Å². The Labute approximate surface area is 122 Å². The molecule has 106 valence electrons. The number of carbonyl (C=O) groups excluding carboxylic acids is 1. The van der Waals surface area contributed by atoms with Crippen LogP contribution < -0.4 is 5.32 Å². The Hall–Kier alpha value is -1.62. The Morgan fingerprint density at radius 2 is 2.10 bits per heavy atom. The van der Waals surface area contributed by atoms with Crippen LogP contribution >= 0.6 is 11.3 Å². The summed E-state index contributed by atoms with van der Waals surface area (Å²) >= 11 is 1.60. The Kier molecular flexibility index (Phi) is 3.87. The van der Waals surface area contributed by atoms with E-state index in [0.29, 0.717) is 10.9 Å². The molecule has 0 unspecified atom stereocenters. The quantitative estimate of drug-likeness (QED) is 0.911. The first kappa shape index (κ1) is 13.4. The maximum Gasteiger partial charge on any atom is 0.293 e. The summed E-state index contributed by atoms with van der Waals surface area (Å²) in [5.74, 6) is 0.154. The van der Waals surface area contributed by atoms with E-state index in [1.54, 1.807) is 17.4 Å². The number of hydrogen-bond donors (Lipinski definition) is 1. The monoisotopic (exact) mass is 290 g/mol. The van der Waals surface area contributed by atoms with E-state index in [-0.39, 0.29) is 5.91 Å². The lowest BCUT2D eigenvalue weighted by atomic mass is 10.0. The Morgan fingerprint density at radius 3 is 2.85 bits per heavy atom. The molecule has 0 spiro atoms. The molecule has 0 bridgehead atoms. The van der Waals surface area contributed by atoms with Crippen molar-refractivity contribution < 1.29 is 9.21 Å². The predicted molar refractivity (Wildman–Crippen MR) is 79.4 cm³/mol. The zero-order chi connectivity index (χ0) is 13.9. The summed E-state index contributed by atoms with van der Waals surface area (Å²) in [5, 5.41) is 3.55. The van der Waals surface area contributed by atoms with Gasteiger partial charge in [-0.2, -0.15) is 0 Å². The molecule has 2 aromatic rings. The largest absolute Gasteiger partial charge is 0.459 e. The van der Waals surface area contributed by atoms with Crippen LogP contribution in [0.2, 0.25) is 0 Å². The van der Waals surface area contributed by atoms with Crippen molar-refractivity contribution >= 4 is 22.4 Å². The molecule has 20 heavy (non-hydrogen) atoms. The molecule has 0 aliphatic heterocycles. The molecule has 3 rings (SSSR count). The second kappa shape index (κ2) is 5.79. The Balaban J connectivity index is 1.76. The van der Waals surface area contributed by atoms with Crippen LogP contribution in [0.15, 0.2) is 16.7 Å². The van der Waals surface area contributed by atoms with Gasteiger partial charge in [-0.25, -0.2) is 4.98 Å². The Morgan fingerprint density at radius 1 is 1.30 bits per heavy atom. The van der Waals surface area contributed by atoms with Gasteiger partial charge < -0.3 is 4.42 Å². The molecule has 1 N–H and O–H groups in total. The summed E-state index contributed by atoms with van der Waals surface area (Å²) in [6.45, 7) is 1.86. The maximum atomic E-state index is 12.1. The molecule has 0 fully saturated rings. The lowest BCUT2D eigenvalue weighted by molar-refractivity contribution is 0.0996. The number of amides is 1. The third kappa shape index (κ3) is 2.77. The zero-order valence-corrected chi connectivity index (χ0v) is 12.4. The summed E-state index contributed by atoms with van der Waals surface area (Å²) in [5.41, 5.74) is 2.01. The van der Waals surface area contributed by atoms with Gasteiger partial charge in [0.15, 0.2) is 10.9 Å². The summed E-state index contributed by atoms with van der Waals surface area (Å²) in [6, 6.07) is 1.79. The van der Waals surface area contributed by atoms with Crippen LogP contribution in [0.1, 0.15) is 52.4 Å². The minimum atomic E-state index is -0.214. The molecule has 2 aromatic heterocycles. The van der Waals surface area contributed by atoms with Gasteiger partial charge >= 0.3 is 0 Å². The molecule has 0 saturated heterocycles. The van der Waals surface area contributed by atoms with Gasteiger partial charge in [0.2, 0.25) is 0 Å². The first-order valence-corrected chi connectivity index (χ1v) is 7.90. The van der Waals surface area contributed by atoms with E-state index < -0.39 is 0 Å². The highest BCUT2D eigenvalue weighted by Gasteiger charge is 2.17. The summed E-state index contributed by atoms with van der Waals surface area (Å²) < 4.78 is 5.21. The number of furan rings is 1. The van der Waals surface area contributed by atoms with Crippen molar-refractivity contribution in [3.63, 3.8) is 0 Å². The number of aryl methyl sites for hydroxylation is 3. The number of aromatic nitrogens is 1. The van der Waals surface area contributed by atoms with E-state index in [0.717, 1.165) is 18.4 Å². The lowest BCUT2D eigenvalue weighted by Crippen LogP contribution is -2.11. The van der Waals surface area contributed by atoms with Crippen molar-refractivity contribution in [1.82, 2.24) is 4.98 Å². The van der Waals surface area contributed by atoms with Gasteiger partial charge in [0.1, 0.15) is 0 Å². The van der Waals surface area contributed by atoms with E-state index >= 15 is 0 Å². The SMILES string of the molecule is Cc1ccoc1C(=O)Nc1nc2c(s1)CCCCCC2. The molecule has 0 atom stereocenters. The third-order valence-corrected chi connectivity index (χ3v) is 4.71. The van der Waals surface area contributed by atoms with Gasteiger partial charge in [0, 0.05) is 10.4 Å². The van der Waals surface area contributed by atoms with Crippen LogP contribution in [0.3, 0.4) is 0 Å². The van der Waals surface area contributed by atoms with Crippen molar-refractivity contribution in [3.8, 4) is 0 Å². The number of rotatable bonds is 2. The van der Waals surface area contributed by atoms with Gasteiger partial charge in [-0.15, -0.1) is 11.3 Å². The molecule has 2 heterocycles. The Bertz CT molecular complexity index is 590. The van der Waals surface area contributed by atoms with Crippen LogP contribution in [0.25, 0.3) is 0 Å². The predicted octanol–water partition coefficient (Wildman–Crippen LogP) is 3.96. The second-order valence-electron chi connectivity index (χ2n) is 5.19. The molecule has 4 nitrogen and oxygen atoms in total. The second-order valence-corrected chi connectivity index (χ2v) is 6.27. The maximum absolute atomic E-state index is 12.1. The van der Waals surface area contributed by atoms with Crippen molar-refractivity contribution in [2.24, 2.45) is 0 Å². The number of nitrogens with zero attached hydrogens (tertiary/aromatic N) is 1. The molecule has 1 aliphatic carbocycles. The minimum Gasteiger partial charge on any atom is -0.459 e. The van der Waals surface area contributed by atoms with Crippen LogP contribution in [-0.2, 0) is 12.8 Å². The highest BCUT2D eigenvalue weighted by atomic mass is 32.1. The number of anilines is 1. The molecule has 1 aliphatic rings. The average Bonchev–Trinajstić information content (AvgIpc) is 2.96. The van der Waals surface area contributed by atoms with Crippen molar-refractivity contribution in [2.45, 2.75) is 45.4 Å². The van der Waals surface area contributed by atoms with Crippen LogP contribution in [-0.4, -0.2) is 10.9 Å². The van der Waals surface area contributed by atoms with Crippen LogP contribution in [0.5, 0.6) is 0 Å². The topological polar surface area (TPSA) is 55.1 Å². The smallest absolute Gasteiger partial charge is 0.293 e.